The van der Waals surface area contributed by atoms with Crippen LogP contribution in [0.2, 0.25) is 0 Å². The Labute approximate surface area is 97.3 Å². The van der Waals surface area contributed by atoms with Gasteiger partial charge in [0.05, 0.1) is 14.2 Å². The molecule has 2 N–H and O–H groups in total. The number of hydrogen-bond acceptors (Lipinski definition) is 7. The van der Waals surface area contributed by atoms with Crippen LogP contribution in [0, 0.1) is 0 Å². The lowest BCUT2D eigenvalue weighted by Gasteiger charge is -2.03. The Bertz CT molecular complexity index is 436. The summed E-state index contributed by atoms with van der Waals surface area (Å²) in [6.07, 6.45) is 2.54. The number of ether oxygens (including phenoxy) is 2. The molecule has 1 rings (SSSR count). The molecule has 7 nitrogen and oxygen atoms in total. The van der Waals surface area contributed by atoms with Crippen molar-refractivity contribution < 1.29 is 19.1 Å². The Kier molecular flexibility index (Phi) is 4.15. The third kappa shape index (κ3) is 3.00. The third-order valence-electron chi connectivity index (χ3n) is 1.78. The molecule has 0 aliphatic carbocycles. The largest absolute Gasteiger partial charge is 0.464 e. The van der Waals surface area contributed by atoms with E-state index in [2.05, 4.69) is 19.4 Å². The predicted molar refractivity (Wildman–Crippen MR) is 57.9 cm³/mol. The van der Waals surface area contributed by atoms with Crippen molar-refractivity contribution in [2.75, 3.05) is 14.2 Å². The van der Waals surface area contributed by atoms with Crippen LogP contribution in [0.15, 0.2) is 12.3 Å². The van der Waals surface area contributed by atoms with E-state index in [-0.39, 0.29) is 17.2 Å². The van der Waals surface area contributed by atoms with E-state index in [1.54, 1.807) is 0 Å². The van der Waals surface area contributed by atoms with Crippen molar-refractivity contribution in [3.63, 3.8) is 0 Å². The van der Waals surface area contributed by atoms with E-state index in [0.717, 1.165) is 0 Å². The van der Waals surface area contributed by atoms with E-state index in [9.17, 15) is 9.59 Å². The molecule has 1 aromatic heterocycles. The molecule has 0 radical (unpaired) electrons. The molecule has 0 amide bonds. The van der Waals surface area contributed by atoms with Crippen LogP contribution in [0.25, 0.3) is 6.08 Å². The van der Waals surface area contributed by atoms with Gasteiger partial charge in [0.15, 0.2) is 17.2 Å². The zero-order valence-corrected chi connectivity index (χ0v) is 9.34. The summed E-state index contributed by atoms with van der Waals surface area (Å²) in [5.41, 5.74) is 5.09. The van der Waals surface area contributed by atoms with E-state index in [1.807, 2.05) is 0 Å². The maximum absolute atomic E-state index is 11.3. The minimum atomic E-state index is -0.677. The Morgan fingerprint density at radius 2 is 1.65 bits per heavy atom. The van der Waals surface area contributed by atoms with E-state index >= 15 is 0 Å². The highest BCUT2D eigenvalue weighted by Crippen LogP contribution is 2.06. The first-order chi connectivity index (χ1) is 8.12. The summed E-state index contributed by atoms with van der Waals surface area (Å²) in [6, 6.07) is 1.19. The van der Waals surface area contributed by atoms with Gasteiger partial charge in [-0.25, -0.2) is 19.6 Å². The van der Waals surface area contributed by atoms with Gasteiger partial charge < -0.3 is 15.2 Å². The average molecular weight is 237 g/mol. The lowest BCUT2D eigenvalue weighted by Crippen LogP contribution is -2.12. The van der Waals surface area contributed by atoms with Crippen LogP contribution in [0.4, 0.5) is 0 Å². The number of aromatic nitrogens is 2. The maximum atomic E-state index is 11.3. The molecule has 0 aromatic carbocycles. The second-order valence-electron chi connectivity index (χ2n) is 2.84. The Morgan fingerprint density at radius 3 is 2.00 bits per heavy atom. The summed E-state index contributed by atoms with van der Waals surface area (Å²) < 4.78 is 9.00. The number of methoxy groups -OCH3 is 2. The number of nitrogens with zero attached hydrogens (tertiary/aromatic N) is 2. The number of carbonyl (C=O) groups is 2. The number of esters is 2. The Morgan fingerprint density at radius 1 is 1.18 bits per heavy atom. The van der Waals surface area contributed by atoms with Crippen molar-refractivity contribution in [3.05, 3.63) is 29.5 Å². The van der Waals surface area contributed by atoms with Gasteiger partial charge in [-0.05, 0) is 12.3 Å². The van der Waals surface area contributed by atoms with Gasteiger partial charge in [0, 0.05) is 6.07 Å². The molecular formula is C10H11N3O4. The van der Waals surface area contributed by atoms with E-state index in [0.29, 0.717) is 0 Å². The van der Waals surface area contributed by atoms with E-state index < -0.39 is 11.9 Å². The van der Waals surface area contributed by atoms with Crippen molar-refractivity contribution in [3.8, 4) is 0 Å². The van der Waals surface area contributed by atoms with Crippen LogP contribution in [-0.2, 0) is 9.47 Å². The number of rotatable bonds is 3. The first-order valence-corrected chi connectivity index (χ1v) is 4.56. The molecule has 0 saturated carbocycles. The quantitative estimate of drug-likeness (QED) is 0.736. The van der Waals surface area contributed by atoms with Crippen molar-refractivity contribution in [1.82, 2.24) is 9.97 Å². The molecule has 0 atom stereocenters. The standard InChI is InChI=1S/C10H11N3O4/c1-16-9(14)6-5-7(10(15)17-2)13-8(12-6)3-4-11/h3-5H,11H2,1-2H3. The highest BCUT2D eigenvalue weighted by molar-refractivity contribution is 5.92. The fourth-order valence-electron chi connectivity index (χ4n) is 1.04. The predicted octanol–water partition coefficient (Wildman–Crippen LogP) is -0.0208. The molecule has 17 heavy (non-hydrogen) atoms. The minimum absolute atomic E-state index is 0.0454. The van der Waals surface area contributed by atoms with E-state index in [1.165, 1.54) is 32.6 Å². The lowest BCUT2D eigenvalue weighted by molar-refractivity contribution is 0.0589. The summed E-state index contributed by atoms with van der Waals surface area (Å²) in [5, 5.41) is 0. The maximum Gasteiger partial charge on any atom is 0.356 e. The van der Waals surface area contributed by atoms with Gasteiger partial charge in [-0.1, -0.05) is 0 Å². The molecule has 1 aromatic rings. The average Bonchev–Trinajstić information content (AvgIpc) is 2.36. The highest BCUT2D eigenvalue weighted by Gasteiger charge is 2.15. The van der Waals surface area contributed by atoms with Crippen LogP contribution in [-0.4, -0.2) is 36.1 Å². The third-order valence-corrected chi connectivity index (χ3v) is 1.78. The zero-order chi connectivity index (χ0) is 12.8. The van der Waals surface area contributed by atoms with Gasteiger partial charge in [-0.15, -0.1) is 0 Å². The topological polar surface area (TPSA) is 104 Å². The van der Waals surface area contributed by atoms with Crippen LogP contribution >= 0.6 is 0 Å². The van der Waals surface area contributed by atoms with Crippen LogP contribution in [0.5, 0.6) is 0 Å². The molecule has 0 bridgehead atoms. The van der Waals surface area contributed by atoms with Gasteiger partial charge in [-0.3, -0.25) is 0 Å². The number of hydrogen-bond donors (Lipinski definition) is 1. The van der Waals surface area contributed by atoms with Crippen molar-refractivity contribution in [2.24, 2.45) is 5.73 Å². The molecule has 0 aliphatic rings. The fraction of sp³-hybridized carbons (Fsp3) is 0.200. The monoisotopic (exact) mass is 237 g/mol. The second-order valence-corrected chi connectivity index (χ2v) is 2.84. The Balaban J connectivity index is 3.27. The van der Waals surface area contributed by atoms with Gasteiger partial charge in [0.25, 0.3) is 0 Å². The molecular weight excluding hydrogens is 226 g/mol. The van der Waals surface area contributed by atoms with Gasteiger partial charge in [0.1, 0.15) is 0 Å². The zero-order valence-electron chi connectivity index (χ0n) is 9.34. The summed E-state index contributed by atoms with van der Waals surface area (Å²) in [5.74, 6) is -1.23. The van der Waals surface area contributed by atoms with E-state index in [4.69, 9.17) is 5.73 Å². The number of nitrogens with two attached hydrogens (primary N) is 1. The van der Waals surface area contributed by atoms with Crippen molar-refractivity contribution >= 4 is 18.0 Å². The lowest BCUT2D eigenvalue weighted by atomic mass is 10.3. The minimum Gasteiger partial charge on any atom is -0.464 e. The SMILES string of the molecule is COC(=O)c1cc(C(=O)OC)nc(C=CN)n1. The number of carbonyl (C=O) groups excluding carboxylic acids is 2. The molecule has 0 unspecified atom stereocenters. The molecule has 0 spiro atoms. The molecule has 90 valence electrons. The highest BCUT2D eigenvalue weighted by atomic mass is 16.5. The van der Waals surface area contributed by atoms with Crippen molar-refractivity contribution in [1.29, 1.82) is 0 Å². The van der Waals surface area contributed by atoms with Gasteiger partial charge in [0.2, 0.25) is 0 Å². The van der Waals surface area contributed by atoms with Crippen LogP contribution in [0.3, 0.4) is 0 Å². The summed E-state index contributed by atoms with van der Waals surface area (Å²) in [4.78, 5) is 30.3. The normalized spacial score (nSPS) is 10.2. The first-order valence-electron chi connectivity index (χ1n) is 4.56. The summed E-state index contributed by atoms with van der Waals surface area (Å²) in [6.45, 7) is 0. The first kappa shape index (κ1) is 12.6. The smallest absolute Gasteiger partial charge is 0.356 e. The summed E-state index contributed by atoms with van der Waals surface area (Å²) >= 11 is 0. The van der Waals surface area contributed by atoms with Gasteiger partial charge >= 0.3 is 11.9 Å². The summed E-state index contributed by atoms with van der Waals surface area (Å²) in [7, 11) is 2.42. The molecule has 7 heteroatoms. The van der Waals surface area contributed by atoms with Gasteiger partial charge in [-0.2, -0.15) is 0 Å². The van der Waals surface area contributed by atoms with Crippen LogP contribution < -0.4 is 5.73 Å². The Hall–Kier alpha value is -2.44. The molecule has 1 heterocycles. The molecule has 0 fully saturated rings. The van der Waals surface area contributed by atoms with Crippen LogP contribution in [0.1, 0.15) is 26.8 Å². The fourth-order valence-corrected chi connectivity index (χ4v) is 1.04. The second kappa shape index (κ2) is 5.59. The van der Waals surface area contributed by atoms with Crippen molar-refractivity contribution in [2.45, 2.75) is 0 Å². The molecule has 0 aliphatic heterocycles. The molecule has 0 saturated heterocycles.